The molecule has 1 fully saturated rings. The minimum Gasteiger partial charge on any atom is -0.380 e. The van der Waals surface area contributed by atoms with Crippen LogP contribution in [0, 0.1) is 13.8 Å². The van der Waals surface area contributed by atoms with Crippen LogP contribution in [0.25, 0.3) is 10.2 Å². The van der Waals surface area contributed by atoms with E-state index in [0.717, 1.165) is 21.3 Å². The maximum Gasteiger partial charge on any atom is 0.279 e. The van der Waals surface area contributed by atoms with Crippen molar-refractivity contribution in [3.63, 3.8) is 0 Å². The predicted octanol–water partition coefficient (Wildman–Crippen LogP) is 3.75. The Kier molecular flexibility index (Phi) is 6.34. The van der Waals surface area contributed by atoms with Gasteiger partial charge >= 0.3 is 0 Å². The average molecular weight is 452 g/mol. The molecule has 0 saturated carbocycles. The van der Waals surface area contributed by atoms with Gasteiger partial charge in [0.2, 0.25) is 11.8 Å². The van der Waals surface area contributed by atoms with E-state index in [4.69, 9.17) is 4.74 Å². The minimum absolute atomic E-state index is 0.218. The molecule has 1 aliphatic rings. The van der Waals surface area contributed by atoms with Gasteiger partial charge in [0.05, 0.1) is 22.5 Å². The fourth-order valence-corrected chi connectivity index (χ4v) is 5.18. The number of carbonyl (C=O) groups excluding carboxylic acids is 3. The fourth-order valence-electron chi connectivity index (χ4n) is 3.95. The first-order chi connectivity index (χ1) is 15.4. The molecule has 8 heteroatoms. The highest BCUT2D eigenvalue weighted by molar-refractivity contribution is 7.16. The van der Waals surface area contributed by atoms with Crippen molar-refractivity contribution in [1.29, 1.82) is 0 Å². The number of carbonyl (C=O) groups is 3. The molecule has 2 heterocycles. The van der Waals surface area contributed by atoms with Crippen LogP contribution in [-0.4, -0.2) is 35.5 Å². The molecule has 2 aromatic carbocycles. The number of hydrogen-bond donors (Lipinski definition) is 0. The molecule has 0 aliphatic carbocycles. The molecule has 0 bridgehead atoms. The lowest BCUT2D eigenvalue weighted by atomic mass is 10.1. The van der Waals surface area contributed by atoms with Crippen molar-refractivity contribution in [3.05, 3.63) is 57.9 Å². The van der Waals surface area contributed by atoms with E-state index in [0.29, 0.717) is 35.8 Å². The summed E-state index contributed by atoms with van der Waals surface area (Å²) in [5, 5.41) is 0. The molecule has 0 radical (unpaired) electrons. The Morgan fingerprint density at radius 2 is 1.78 bits per heavy atom. The Hall–Kier alpha value is -3.10. The molecule has 166 valence electrons. The molecule has 1 aromatic heterocycles. The number of aryl methyl sites for hydroxylation is 2. The number of benzene rings is 2. The Balaban J connectivity index is 1.69. The Bertz CT molecular complexity index is 1250. The SMILES string of the molecule is CCOCCn1c(=NC(=O)c2ccc(N3C(=O)CCC3=O)cc2)sc2cc(C)cc(C)c21. The van der Waals surface area contributed by atoms with Crippen LogP contribution in [0.4, 0.5) is 5.69 Å². The lowest BCUT2D eigenvalue weighted by molar-refractivity contribution is -0.121. The Labute approximate surface area is 190 Å². The van der Waals surface area contributed by atoms with Crippen molar-refractivity contribution in [2.75, 3.05) is 18.1 Å². The molecule has 0 spiro atoms. The van der Waals surface area contributed by atoms with Crippen molar-refractivity contribution >= 4 is 45.0 Å². The highest BCUT2D eigenvalue weighted by Gasteiger charge is 2.30. The van der Waals surface area contributed by atoms with Gasteiger partial charge < -0.3 is 9.30 Å². The van der Waals surface area contributed by atoms with Crippen molar-refractivity contribution in [3.8, 4) is 0 Å². The summed E-state index contributed by atoms with van der Waals surface area (Å²) in [6, 6.07) is 10.7. The van der Waals surface area contributed by atoms with Crippen molar-refractivity contribution in [2.45, 2.75) is 40.2 Å². The van der Waals surface area contributed by atoms with E-state index in [2.05, 4.69) is 31.0 Å². The topological polar surface area (TPSA) is 81.0 Å². The number of fused-ring (bicyclic) bond motifs is 1. The molecule has 3 aromatic rings. The molecular weight excluding hydrogens is 426 g/mol. The number of amides is 3. The summed E-state index contributed by atoms with van der Waals surface area (Å²) in [7, 11) is 0. The summed E-state index contributed by atoms with van der Waals surface area (Å²) in [5.41, 5.74) is 4.23. The molecule has 0 atom stereocenters. The van der Waals surface area contributed by atoms with Gasteiger partial charge in [-0.1, -0.05) is 17.4 Å². The maximum absolute atomic E-state index is 12.9. The number of thiazole rings is 1. The van der Waals surface area contributed by atoms with Crippen LogP contribution in [0.15, 0.2) is 41.4 Å². The van der Waals surface area contributed by atoms with Gasteiger partial charge in [0.25, 0.3) is 5.91 Å². The van der Waals surface area contributed by atoms with E-state index < -0.39 is 0 Å². The predicted molar refractivity (Wildman–Crippen MR) is 124 cm³/mol. The largest absolute Gasteiger partial charge is 0.380 e. The number of aromatic nitrogens is 1. The van der Waals surface area contributed by atoms with Crippen LogP contribution < -0.4 is 9.70 Å². The van der Waals surface area contributed by atoms with Gasteiger partial charge in [-0.3, -0.25) is 19.3 Å². The van der Waals surface area contributed by atoms with Gasteiger partial charge in [0.15, 0.2) is 4.80 Å². The van der Waals surface area contributed by atoms with E-state index in [1.807, 2.05) is 11.5 Å². The van der Waals surface area contributed by atoms with Crippen molar-refractivity contribution in [2.24, 2.45) is 4.99 Å². The highest BCUT2D eigenvalue weighted by Crippen LogP contribution is 2.24. The van der Waals surface area contributed by atoms with E-state index in [1.54, 1.807) is 24.3 Å². The third-order valence-electron chi connectivity index (χ3n) is 5.40. The normalized spacial score (nSPS) is 14.7. The summed E-state index contributed by atoms with van der Waals surface area (Å²) in [6.45, 7) is 7.82. The van der Waals surface area contributed by atoms with Gasteiger partial charge in [-0.25, -0.2) is 0 Å². The average Bonchev–Trinajstić information content (AvgIpc) is 3.27. The highest BCUT2D eigenvalue weighted by atomic mass is 32.1. The number of hydrogen-bond acceptors (Lipinski definition) is 5. The summed E-state index contributed by atoms with van der Waals surface area (Å²) in [5.74, 6) is -0.809. The van der Waals surface area contributed by atoms with Gasteiger partial charge in [-0.2, -0.15) is 4.99 Å². The zero-order valence-electron chi connectivity index (χ0n) is 18.4. The molecular formula is C24H25N3O4S. The van der Waals surface area contributed by atoms with Crippen LogP contribution >= 0.6 is 11.3 Å². The first-order valence-corrected chi connectivity index (χ1v) is 11.4. The Morgan fingerprint density at radius 3 is 2.44 bits per heavy atom. The molecule has 1 aliphatic heterocycles. The molecule has 3 amide bonds. The number of ether oxygens (including phenoxy) is 1. The van der Waals surface area contributed by atoms with Crippen LogP contribution in [0.2, 0.25) is 0 Å². The van der Waals surface area contributed by atoms with Crippen molar-refractivity contribution in [1.82, 2.24) is 4.57 Å². The molecule has 0 N–H and O–H groups in total. The molecule has 0 unspecified atom stereocenters. The fraction of sp³-hybridized carbons (Fsp3) is 0.333. The van der Waals surface area contributed by atoms with Crippen LogP contribution in [0.1, 0.15) is 41.3 Å². The molecule has 1 saturated heterocycles. The third kappa shape index (κ3) is 4.28. The summed E-state index contributed by atoms with van der Waals surface area (Å²) >= 11 is 1.48. The molecule has 32 heavy (non-hydrogen) atoms. The van der Waals surface area contributed by atoms with E-state index in [-0.39, 0.29) is 30.6 Å². The summed E-state index contributed by atoms with van der Waals surface area (Å²) in [6.07, 6.45) is 0.447. The minimum atomic E-state index is -0.373. The Morgan fingerprint density at radius 1 is 1.09 bits per heavy atom. The van der Waals surface area contributed by atoms with E-state index in [9.17, 15) is 14.4 Å². The van der Waals surface area contributed by atoms with Gasteiger partial charge in [0.1, 0.15) is 0 Å². The lowest BCUT2D eigenvalue weighted by Gasteiger charge is -2.13. The molecule has 7 nitrogen and oxygen atoms in total. The summed E-state index contributed by atoms with van der Waals surface area (Å²) in [4.78, 5) is 43.0. The quantitative estimate of drug-likeness (QED) is 0.422. The number of rotatable bonds is 6. The van der Waals surface area contributed by atoms with Crippen LogP contribution in [0.5, 0.6) is 0 Å². The number of imide groups is 1. The first kappa shape index (κ1) is 22.1. The van der Waals surface area contributed by atoms with Crippen LogP contribution in [0.3, 0.4) is 0 Å². The second kappa shape index (κ2) is 9.18. The van der Waals surface area contributed by atoms with Crippen molar-refractivity contribution < 1.29 is 19.1 Å². The monoisotopic (exact) mass is 451 g/mol. The zero-order chi connectivity index (χ0) is 22.8. The third-order valence-corrected chi connectivity index (χ3v) is 6.42. The number of anilines is 1. The lowest BCUT2D eigenvalue weighted by Crippen LogP contribution is -2.28. The molecule has 4 rings (SSSR count). The maximum atomic E-state index is 12.9. The zero-order valence-corrected chi connectivity index (χ0v) is 19.2. The second-order valence-corrected chi connectivity index (χ2v) is 8.76. The smallest absolute Gasteiger partial charge is 0.279 e. The van der Waals surface area contributed by atoms with Gasteiger partial charge in [-0.15, -0.1) is 0 Å². The first-order valence-electron chi connectivity index (χ1n) is 10.6. The van der Waals surface area contributed by atoms with E-state index in [1.165, 1.54) is 16.2 Å². The number of nitrogens with zero attached hydrogens (tertiary/aromatic N) is 3. The standard InChI is InChI=1S/C24H25N3O4S/c1-4-31-12-11-26-22-16(3)13-15(2)14-19(22)32-24(26)25-23(30)17-5-7-18(8-6-17)27-20(28)9-10-21(27)29/h5-8,13-14H,4,9-12H2,1-3H3. The van der Waals surface area contributed by atoms with Crippen LogP contribution in [-0.2, 0) is 20.9 Å². The van der Waals surface area contributed by atoms with Gasteiger partial charge in [-0.05, 0) is 62.2 Å². The summed E-state index contributed by atoms with van der Waals surface area (Å²) < 4.78 is 8.66. The second-order valence-electron chi connectivity index (χ2n) is 7.75. The van der Waals surface area contributed by atoms with E-state index >= 15 is 0 Å². The van der Waals surface area contributed by atoms with Gasteiger partial charge in [0, 0.05) is 31.6 Å².